The molecule has 6 heteroatoms. The molecule has 1 saturated heterocycles. The summed E-state index contributed by atoms with van der Waals surface area (Å²) in [4.78, 5) is 7.90. The summed E-state index contributed by atoms with van der Waals surface area (Å²) in [7, 11) is 0. The van der Waals surface area contributed by atoms with Crippen LogP contribution in [-0.2, 0) is 6.54 Å². The first-order chi connectivity index (χ1) is 9.85. The van der Waals surface area contributed by atoms with Crippen LogP contribution in [0.3, 0.4) is 0 Å². The standard InChI is InChI=1S/C14H20N4OS/c1-2-18(9-11-5-3-7-15-11)10-13-16-14(17-19-13)12-6-4-8-20-12/h4,6,8,11,15H,2-3,5,7,9-10H2,1H3. The maximum Gasteiger partial charge on any atom is 0.241 e. The van der Waals surface area contributed by atoms with Gasteiger partial charge in [-0.05, 0) is 37.4 Å². The first kappa shape index (κ1) is 13.7. The van der Waals surface area contributed by atoms with Gasteiger partial charge >= 0.3 is 0 Å². The highest BCUT2D eigenvalue weighted by molar-refractivity contribution is 7.13. The van der Waals surface area contributed by atoms with Gasteiger partial charge in [0.05, 0.1) is 11.4 Å². The Labute approximate surface area is 123 Å². The Bertz CT molecular complexity index is 519. The van der Waals surface area contributed by atoms with E-state index in [9.17, 15) is 0 Å². The van der Waals surface area contributed by atoms with Crippen LogP contribution in [0.4, 0.5) is 0 Å². The van der Waals surface area contributed by atoms with Crippen molar-refractivity contribution in [3.05, 3.63) is 23.4 Å². The SMILES string of the molecule is CCN(Cc1nc(-c2cccs2)no1)CC1CCCN1. The molecule has 0 spiro atoms. The van der Waals surface area contributed by atoms with E-state index < -0.39 is 0 Å². The lowest BCUT2D eigenvalue weighted by Gasteiger charge is -2.22. The third-order valence-electron chi connectivity index (χ3n) is 3.66. The van der Waals surface area contributed by atoms with E-state index in [2.05, 4.69) is 27.3 Å². The fourth-order valence-corrected chi connectivity index (χ4v) is 3.20. The quantitative estimate of drug-likeness (QED) is 0.886. The Balaban J connectivity index is 1.60. The molecule has 0 aromatic carbocycles. The highest BCUT2D eigenvalue weighted by Gasteiger charge is 2.19. The number of rotatable bonds is 6. The molecule has 1 aliphatic heterocycles. The van der Waals surface area contributed by atoms with E-state index in [-0.39, 0.29) is 0 Å². The molecule has 0 aliphatic carbocycles. The van der Waals surface area contributed by atoms with Crippen molar-refractivity contribution in [3.63, 3.8) is 0 Å². The molecular weight excluding hydrogens is 272 g/mol. The molecule has 0 amide bonds. The fraction of sp³-hybridized carbons (Fsp3) is 0.571. The molecule has 2 aromatic heterocycles. The number of thiophene rings is 1. The van der Waals surface area contributed by atoms with Crippen molar-refractivity contribution in [1.29, 1.82) is 0 Å². The van der Waals surface area contributed by atoms with Crippen molar-refractivity contribution in [2.75, 3.05) is 19.6 Å². The van der Waals surface area contributed by atoms with E-state index >= 15 is 0 Å². The summed E-state index contributed by atoms with van der Waals surface area (Å²) in [6.07, 6.45) is 2.55. The van der Waals surface area contributed by atoms with Crippen molar-refractivity contribution >= 4 is 11.3 Å². The van der Waals surface area contributed by atoms with Gasteiger partial charge in [-0.2, -0.15) is 4.98 Å². The van der Waals surface area contributed by atoms with Crippen LogP contribution in [0.25, 0.3) is 10.7 Å². The maximum atomic E-state index is 5.37. The Morgan fingerprint density at radius 1 is 1.55 bits per heavy atom. The molecule has 5 nitrogen and oxygen atoms in total. The van der Waals surface area contributed by atoms with Gasteiger partial charge in [-0.3, -0.25) is 4.90 Å². The molecule has 3 heterocycles. The van der Waals surface area contributed by atoms with Gasteiger partial charge in [-0.25, -0.2) is 0 Å². The Morgan fingerprint density at radius 2 is 2.50 bits per heavy atom. The van der Waals surface area contributed by atoms with Crippen LogP contribution in [0.5, 0.6) is 0 Å². The Kier molecular flexibility index (Phi) is 4.44. The molecule has 1 fully saturated rings. The lowest BCUT2D eigenvalue weighted by Crippen LogP contribution is -2.37. The van der Waals surface area contributed by atoms with Crippen LogP contribution in [0.15, 0.2) is 22.0 Å². The zero-order chi connectivity index (χ0) is 13.8. The van der Waals surface area contributed by atoms with Crippen LogP contribution in [0.2, 0.25) is 0 Å². The van der Waals surface area contributed by atoms with Crippen molar-refractivity contribution in [2.24, 2.45) is 0 Å². The maximum absolute atomic E-state index is 5.37. The summed E-state index contributed by atoms with van der Waals surface area (Å²) in [6.45, 7) is 6.09. The monoisotopic (exact) mass is 292 g/mol. The summed E-state index contributed by atoms with van der Waals surface area (Å²) >= 11 is 1.63. The van der Waals surface area contributed by atoms with Crippen LogP contribution < -0.4 is 5.32 Å². The molecule has 1 aliphatic rings. The number of aromatic nitrogens is 2. The molecule has 0 bridgehead atoms. The Hall–Kier alpha value is -1.24. The summed E-state index contributed by atoms with van der Waals surface area (Å²) in [5.74, 6) is 1.40. The van der Waals surface area contributed by atoms with Gasteiger partial charge < -0.3 is 9.84 Å². The van der Waals surface area contributed by atoms with Crippen LogP contribution in [0.1, 0.15) is 25.7 Å². The minimum atomic E-state index is 0.606. The molecule has 1 unspecified atom stereocenters. The van der Waals surface area contributed by atoms with Gasteiger partial charge in [0.2, 0.25) is 11.7 Å². The second kappa shape index (κ2) is 6.47. The van der Waals surface area contributed by atoms with E-state index in [1.807, 2.05) is 17.5 Å². The predicted octanol–water partition coefficient (Wildman–Crippen LogP) is 2.37. The second-order valence-corrected chi connectivity index (χ2v) is 6.06. The van der Waals surface area contributed by atoms with Gasteiger partial charge in [0.1, 0.15) is 0 Å². The number of hydrogen-bond donors (Lipinski definition) is 1. The van der Waals surface area contributed by atoms with Gasteiger partial charge in [0.15, 0.2) is 0 Å². The van der Waals surface area contributed by atoms with Crippen LogP contribution in [0, 0.1) is 0 Å². The number of likely N-dealkylation sites (N-methyl/N-ethyl adjacent to an activating group) is 1. The lowest BCUT2D eigenvalue weighted by molar-refractivity contribution is 0.219. The van der Waals surface area contributed by atoms with E-state index in [0.29, 0.717) is 17.8 Å². The molecule has 108 valence electrons. The lowest BCUT2D eigenvalue weighted by atomic mass is 10.2. The molecule has 0 saturated carbocycles. The molecule has 0 radical (unpaired) electrons. The smallest absolute Gasteiger partial charge is 0.241 e. The summed E-state index contributed by atoms with van der Waals surface area (Å²) in [5, 5.41) is 9.61. The highest BCUT2D eigenvalue weighted by atomic mass is 32.1. The van der Waals surface area contributed by atoms with E-state index in [1.165, 1.54) is 12.8 Å². The zero-order valence-corrected chi connectivity index (χ0v) is 12.5. The first-order valence-corrected chi connectivity index (χ1v) is 8.05. The van der Waals surface area contributed by atoms with Gasteiger partial charge in [0, 0.05) is 12.6 Å². The molecule has 1 N–H and O–H groups in total. The van der Waals surface area contributed by atoms with E-state index in [1.54, 1.807) is 11.3 Å². The van der Waals surface area contributed by atoms with E-state index in [0.717, 1.165) is 31.1 Å². The molecule has 20 heavy (non-hydrogen) atoms. The predicted molar refractivity (Wildman–Crippen MR) is 79.6 cm³/mol. The van der Waals surface area contributed by atoms with Gasteiger partial charge in [-0.1, -0.05) is 18.1 Å². The minimum absolute atomic E-state index is 0.606. The number of nitrogens with zero attached hydrogens (tertiary/aromatic N) is 3. The molecule has 2 aromatic rings. The normalized spacial score (nSPS) is 19.0. The van der Waals surface area contributed by atoms with Crippen LogP contribution >= 0.6 is 11.3 Å². The number of hydrogen-bond acceptors (Lipinski definition) is 6. The zero-order valence-electron chi connectivity index (χ0n) is 11.7. The van der Waals surface area contributed by atoms with Crippen molar-refractivity contribution in [3.8, 4) is 10.7 Å². The first-order valence-electron chi connectivity index (χ1n) is 7.17. The second-order valence-electron chi connectivity index (χ2n) is 5.11. The summed E-state index contributed by atoms with van der Waals surface area (Å²) in [6, 6.07) is 4.62. The third-order valence-corrected chi connectivity index (χ3v) is 4.52. The Morgan fingerprint density at radius 3 is 3.20 bits per heavy atom. The van der Waals surface area contributed by atoms with Crippen molar-refractivity contribution in [2.45, 2.75) is 32.4 Å². The molecular formula is C14H20N4OS. The van der Waals surface area contributed by atoms with Crippen molar-refractivity contribution in [1.82, 2.24) is 20.4 Å². The minimum Gasteiger partial charge on any atom is -0.338 e. The number of nitrogens with one attached hydrogen (secondary N) is 1. The van der Waals surface area contributed by atoms with Gasteiger partial charge in [-0.15, -0.1) is 11.3 Å². The average molecular weight is 292 g/mol. The van der Waals surface area contributed by atoms with Crippen LogP contribution in [-0.4, -0.2) is 40.7 Å². The van der Waals surface area contributed by atoms with Crippen molar-refractivity contribution < 1.29 is 4.52 Å². The summed E-state index contributed by atoms with van der Waals surface area (Å²) < 4.78 is 5.37. The largest absolute Gasteiger partial charge is 0.338 e. The molecule has 1 atom stereocenters. The molecule has 3 rings (SSSR count). The fourth-order valence-electron chi connectivity index (χ4n) is 2.55. The highest BCUT2D eigenvalue weighted by Crippen LogP contribution is 2.21. The van der Waals surface area contributed by atoms with Gasteiger partial charge in [0.25, 0.3) is 0 Å². The summed E-state index contributed by atoms with van der Waals surface area (Å²) in [5.41, 5.74) is 0. The average Bonchev–Trinajstić information content (AvgIpc) is 3.20. The van der Waals surface area contributed by atoms with E-state index in [4.69, 9.17) is 4.52 Å². The topological polar surface area (TPSA) is 54.2 Å². The third kappa shape index (κ3) is 3.26.